The topological polar surface area (TPSA) is 149 Å². The van der Waals surface area contributed by atoms with Gasteiger partial charge in [-0.2, -0.15) is 79.0 Å². The summed E-state index contributed by atoms with van der Waals surface area (Å²) in [5, 5.41) is 14.3. The summed E-state index contributed by atoms with van der Waals surface area (Å²) >= 11 is 0. The molecule has 1 unspecified atom stereocenters. The second kappa shape index (κ2) is 26.0. The Balaban J connectivity index is 2.15. The van der Waals surface area contributed by atoms with Crippen molar-refractivity contribution in [1.29, 1.82) is 0 Å². The molecule has 0 spiro atoms. The van der Waals surface area contributed by atoms with Crippen molar-refractivity contribution in [3.05, 3.63) is 35.4 Å². The van der Waals surface area contributed by atoms with Crippen LogP contribution in [0.2, 0.25) is 0 Å². The summed E-state index contributed by atoms with van der Waals surface area (Å²) in [6.07, 6.45) is -37.6. The molecule has 0 radical (unpaired) electrons. The maximum Gasteiger partial charge on any atom is 0.471 e. The summed E-state index contributed by atoms with van der Waals surface area (Å²) in [5.41, 5.74) is 0.974. The van der Waals surface area contributed by atoms with Crippen LogP contribution in [0.5, 0.6) is 0 Å². The van der Waals surface area contributed by atoms with Crippen molar-refractivity contribution in [3.8, 4) is 0 Å². The molecule has 1 aromatic rings. The highest BCUT2D eigenvalue weighted by atomic mass is 19.4. The number of hydrogen-bond donors (Lipinski definition) is 3. The lowest BCUT2D eigenvalue weighted by Gasteiger charge is -2.34. The van der Waals surface area contributed by atoms with Gasteiger partial charge in [-0.05, 0) is 43.4 Å². The van der Waals surface area contributed by atoms with E-state index in [1.54, 1.807) is 0 Å². The SMILES string of the molecule is O=C(NCCCN(CCN(CCCNCc1ccc(CN2CCCN(C(=O)C(F)(F)F)CCN(C(=O)C(F)(F)F)CCCN(C(O)C(F)(F)F)CC2)cc1)C(=O)C(F)(F)F)C(=O)C(F)(F)F)C(F)(F)F. The van der Waals surface area contributed by atoms with Crippen LogP contribution >= 0.6 is 0 Å². The molecule has 0 bridgehead atoms. The third kappa shape index (κ3) is 21.2. The van der Waals surface area contributed by atoms with Crippen molar-refractivity contribution in [2.24, 2.45) is 0 Å². The van der Waals surface area contributed by atoms with E-state index in [1.165, 1.54) is 34.5 Å². The highest BCUT2D eigenvalue weighted by molar-refractivity contribution is 5.84. The van der Waals surface area contributed by atoms with E-state index >= 15 is 0 Å². The molecule has 2 rings (SSSR count). The Hall–Kier alpha value is -4.85. The zero-order valence-electron chi connectivity index (χ0n) is 36.5. The minimum atomic E-state index is -5.57. The van der Waals surface area contributed by atoms with Crippen LogP contribution in [0.15, 0.2) is 24.3 Å². The molecule has 0 aromatic heterocycles. The van der Waals surface area contributed by atoms with Crippen LogP contribution in [0.1, 0.15) is 36.8 Å². The van der Waals surface area contributed by atoms with Crippen molar-refractivity contribution in [1.82, 2.24) is 40.0 Å². The molecule has 0 aliphatic carbocycles. The number of benzene rings is 1. The van der Waals surface area contributed by atoms with Crippen LogP contribution < -0.4 is 10.6 Å². The molecule has 3 N–H and O–H groups in total. The smallest absolute Gasteiger partial charge is 0.370 e. The lowest BCUT2D eigenvalue weighted by atomic mass is 10.1. The van der Waals surface area contributed by atoms with Gasteiger partial charge in [0.2, 0.25) is 6.23 Å². The third-order valence-corrected chi connectivity index (χ3v) is 10.2. The molecule has 1 aromatic carbocycles. The molecule has 1 atom stereocenters. The Morgan fingerprint density at radius 3 is 1.40 bits per heavy atom. The van der Waals surface area contributed by atoms with E-state index in [4.69, 9.17) is 0 Å². The summed E-state index contributed by atoms with van der Waals surface area (Å²) in [7, 11) is 0. The lowest BCUT2D eigenvalue weighted by Crippen LogP contribution is -2.51. The molecule has 5 amide bonds. The average molecular weight is 1050 g/mol. The molecular formula is C38H48F18N8O6. The van der Waals surface area contributed by atoms with Crippen LogP contribution in [0.25, 0.3) is 0 Å². The standard InChI is InChI=1S/C38H48F18N8O6/c39-33(40,41)27(65)58-10-2-13-61(29(67)35(45,46)47)20-19-60(28(66)34(42,43)44)12-1-9-57-23-25-5-7-26(8-6-25)24-59-11-3-14-63(31(69)37(51,52)53)21-22-64(32(70)38(54,55)56)16-4-15-62(18-17-59)30(68)36(48,49)50/h5-8,30,57,68H,1-4,9-24H2,(H,58,65). The molecular weight excluding hydrogens is 1010 g/mol. The fourth-order valence-corrected chi connectivity index (χ4v) is 6.73. The van der Waals surface area contributed by atoms with Crippen LogP contribution in [-0.2, 0) is 37.1 Å². The van der Waals surface area contributed by atoms with Crippen LogP contribution in [0, 0.1) is 0 Å². The van der Waals surface area contributed by atoms with Crippen LogP contribution in [-0.4, -0.2) is 199 Å². The van der Waals surface area contributed by atoms with Gasteiger partial charge in [0.15, 0.2) is 0 Å². The second-order valence-corrected chi connectivity index (χ2v) is 15.5. The number of rotatable bonds is 16. The van der Waals surface area contributed by atoms with Crippen molar-refractivity contribution in [3.63, 3.8) is 0 Å². The Morgan fingerprint density at radius 1 is 0.529 bits per heavy atom. The highest BCUT2D eigenvalue weighted by Gasteiger charge is 2.47. The van der Waals surface area contributed by atoms with Gasteiger partial charge in [0.05, 0.1) is 0 Å². The monoisotopic (exact) mass is 1050 g/mol. The number of alkyl halides is 18. The molecule has 14 nitrogen and oxygen atoms in total. The summed E-state index contributed by atoms with van der Waals surface area (Å²) in [6, 6.07) is 6.06. The molecule has 402 valence electrons. The van der Waals surface area contributed by atoms with Gasteiger partial charge in [0, 0.05) is 98.2 Å². The van der Waals surface area contributed by atoms with Gasteiger partial charge >= 0.3 is 66.6 Å². The van der Waals surface area contributed by atoms with Gasteiger partial charge in [0.25, 0.3) is 0 Å². The van der Waals surface area contributed by atoms with Gasteiger partial charge in [-0.15, -0.1) is 0 Å². The first-order chi connectivity index (χ1) is 32.0. The van der Waals surface area contributed by atoms with E-state index in [-0.39, 0.29) is 65.2 Å². The number of carbonyl (C=O) groups is 5. The lowest BCUT2D eigenvalue weighted by molar-refractivity contribution is -0.250. The van der Waals surface area contributed by atoms with E-state index in [0.717, 1.165) is 0 Å². The Kier molecular flexibility index (Phi) is 22.8. The maximum absolute atomic E-state index is 13.6. The fraction of sp³-hybridized carbons (Fsp3) is 0.711. The Bertz CT molecular complexity index is 1840. The zero-order valence-corrected chi connectivity index (χ0v) is 36.5. The van der Waals surface area contributed by atoms with Gasteiger partial charge in [-0.1, -0.05) is 24.3 Å². The van der Waals surface area contributed by atoms with E-state index < -0.39 is 158 Å². The molecule has 0 saturated carbocycles. The number of nitrogens with one attached hydrogen (secondary N) is 2. The summed E-state index contributed by atoms with van der Waals surface area (Å²) in [6.45, 7) is -10.5. The molecule has 1 aliphatic heterocycles. The number of aliphatic hydroxyl groups is 1. The third-order valence-electron chi connectivity index (χ3n) is 10.2. The predicted octanol–water partition coefficient (Wildman–Crippen LogP) is 4.58. The Labute approximate surface area is 386 Å². The highest BCUT2D eigenvalue weighted by Crippen LogP contribution is 2.26. The number of aliphatic hydroxyl groups excluding tert-OH is 1. The quantitative estimate of drug-likeness (QED) is 0.160. The molecule has 1 saturated heterocycles. The van der Waals surface area contributed by atoms with E-state index in [0.29, 0.717) is 16.0 Å². The normalized spacial score (nSPS) is 16.6. The first kappa shape index (κ1) is 61.3. The predicted molar refractivity (Wildman–Crippen MR) is 205 cm³/mol. The van der Waals surface area contributed by atoms with Crippen LogP contribution in [0.3, 0.4) is 0 Å². The number of nitrogens with zero attached hydrogens (tertiary/aromatic N) is 6. The minimum Gasteiger partial charge on any atom is -0.370 e. The van der Waals surface area contributed by atoms with Gasteiger partial charge < -0.3 is 35.3 Å². The zero-order chi connectivity index (χ0) is 53.5. The van der Waals surface area contributed by atoms with Crippen molar-refractivity contribution in [2.45, 2.75) is 82.1 Å². The number of amides is 5. The molecule has 1 heterocycles. The molecule has 1 fully saturated rings. The van der Waals surface area contributed by atoms with Crippen molar-refractivity contribution in [2.75, 3.05) is 91.6 Å². The first-order valence-electron chi connectivity index (χ1n) is 20.8. The largest absolute Gasteiger partial charge is 0.471 e. The fourth-order valence-electron chi connectivity index (χ4n) is 6.73. The van der Waals surface area contributed by atoms with E-state index in [2.05, 4.69) is 5.32 Å². The minimum absolute atomic E-state index is 0.00923. The summed E-state index contributed by atoms with van der Waals surface area (Å²) in [4.78, 5) is 61.5. The maximum atomic E-state index is 13.6. The molecule has 1 aliphatic rings. The summed E-state index contributed by atoms with van der Waals surface area (Å²) < 4.78 is 238. The van der Waals surface area contributed by atoms with Crippen molar-refractivity contribution >= 4 is 29.5 Å². The van der Waals surface area contributed by atoms with Crippen molar-refractivity contribution < 1.29 is 108 Å². The Morgan fingerprint density at radius 2 is 0.971 bits per heavy atom. The average Bonchev–Trinajstić information content (AvgIpc) is 3.23. The van der Waals surface area contributed by atoms with Gasteiger partial charge in [-0.3, -0.25) is 33.8 Å². The van der Waals surface area contributed by atoms with Crippen LogP contribution in [0.4, 0.5) is 79.0 Å². The molecule has 32 heteroatoms. The number of carbonyl (C=O) groups excluding carboxylic acids is 5. The van der Waals surface area contributed by atoms with Gasteiger partial charge in [-0.25, -0.2) is 0 Å². The summed E-state index contributed by atoms with van der Waals surface area (Å²) in [5.74, 6) is -12.4. The first-order valence-corrected chi connectivity index (χ1v) is 20.8. The second-order valence-electron chi connectivity index (χ2n) is 15.5. The van der Waals surface area contributed by atoms with E-state index in [1.807, 2.05) is 0 Å². The molecule has 70 heavy (non-hydrogen) atoms. The van der Waals surface area contributed by atoms with Gasteiger partial charge in [0.1, 0.15) is 0 Å². The van der Waals surface area contributed by atoms with E-state index in [9.17, 15) is 108 Å². The number of hydrogen-bond acceptors (Lipinski definition) is 9. The number of halogens is 18.